The van der Waals surface area contributed by atoms with E-state index >= 15 is 0 Å². The third kappa shape index (κ3) is 11.6. The summed E-state index contributed by atoms with van der Waals surface area (Å²) in [4.78, 5) is 9.08. The molecule has 0 atom stereocenters. The second-order valence-electron chi connectivity index (χ2n) is 8.36. The van der Waals surface area contributed by atoms with Crippen LogP contribution in [0.4, 0.5) is 0 Å². The van der Waals surface area contributed by atoms with E-state index in [-0.39, 0.29) is 0 Å². The summed E-state index contributed by atoms with van der Waals surface area (Å²) in [6, 6.07) is 8.30. The van der Waals surface area contributed by atoms with Gasteiger partial charge < -0.3 is 4.74 Å². The van der Waals surface area contributed by atoms with Crippen molar-refractivity contribution < 1.29 is 4.74 Å². The molecular weight excluding hydrogens is 400 g/mol. The highest BCUT2D eigenvalue weighted by Gasteiger charge is 2.03. The average Bonchev–Trinajstić information content (AvgIpc) is 2.81. The highest BCUT2D eigenvalue weighted by Crippen LogP contribution is 2.23. The molecule has 0 radical (unpaired) electrons. The van der Waals surface area contributed by atoms with Gasteiger partial charge in [0.15, 0.2) is 5.16 Å². The van der Waals surface area contributed by atoms with Crippen molar-refractivity contribution in [3.05, 3.63) is 36.7 Å². The van der Waals surface area contributed by atoms with Crippen LogP contribution in [0.2, 0.25) is 0 Å². The number of nitrogens with zero attached hydrogens (tertiary/aromatic N) is 2. The average molecular weight is 443 g/mol. The predicted molar refractivity (Wildman–Crippen MR) is 135 cm³/mol. The molecule has 3 nitrogen and oxygen atoms in total. The molecule has 2 aromatic rings. The van der Waals surface area contributed by atoms with Gasteiger partial charge in [-0.05, 0) is 30.5 Å². The first kappa shape index (κ1) is 25.7. The number of thioether (sulfide) groups is 1. The number of aromatic nitrogens is 2. The first-order valence-electron chi connectivity index (χ1n) is 12.5. The Hall–Kier alpha value is -1.55. The molecule has 1 aromatic heterocycles. The van der Waals surface area contributed by atoms with Gasteiger partial charge in [-0.15, -0.1) is 0 Å². The molecule has 0 N–H and O–H groups in total. The normalized spacial score (nSPS) is 11.0. The van der Waals surface area contributed by atoms with E-state index < -0.39 is 0 Å². The molecule has 0 spiro atoms. The third-order valence-electron chi connectivity index (χ3n) is 5.56. The quantitative estimate of drug-likeness (QED) is 0.131. The number of hydrogen-bond acceptors (Lipinski definition) is 4. The zero-order valence-corrected chi connectivity index (χ0v) is 20.6. The maximum atomic E-state index is 5.89. The standard InChI is InChI=1S/C27H42N2OS/c1-3-5-7-9-11-12-14-20-30-26-18-16-24(17-19-26)25-22-28-27(29-23-25)31-21-15-13-10-8-6-4-2/h16-19,22-23H,3-15,20-21H2,1-2H3. The molecule has 0 aliphatic rings. The molecular formula is C27H42N2OS. The van der Waals surface area contributed by atoms with Gasteiger partial charge in [0.25, 0.3) is 0 Å². The lowest BCUT2D eigenvalue weighted by atomic mass is 10.1. The van der Waals surface area contributed by atoms with Crippen molar-refractivity contribution in [1.29, 1.82) is 0 Å². The molecule has 2 rings (SSSR count). The molecule has 0 aliphatic carbocycles. The molecule has 172 valence electrons. The van der Waals surface area contributed by atoms with Crippen molar-refractivity contribution >= 4 is 11.8 Å². The smallest absolute Gasteiger partial charge is 0.187 e. The van der Waals surface area contributed by atoms with Gasteiger partial charge in [0.1, 0.15) is 5.75 Å². The molecule has 1 aromatic carbocycles. The van der Waals surface area contributed by atoms with Crippen LogP contribution < -0.4 is 4.74 Å². The van der Waals surface area contributed by atoms with Crippen molar-refractivity contribution in [2.45, 2.75) is 102 Å². The summed E-state index contributed by atoms with van der Waals surface area (Å²) < 4.78 is 5.89. The molecule has 0 saturated carbocycles. The lowest BCUT2D eigenvalue weighted by molar-refractivity contribution is 0.304. The van der Waals surface area contributed by atoms with Crippen LogP contribution in [0.25, 0.3) is 11.1 Å². The molecule has 0 saturated heterocycles. The van der Waals surface area contributed by atoms with Crippen molar-refractivity contribution in [1.82, 2.24) is 9.97 Å². The lowest BCUT2D eigenvalue weighted by Gasteiger charge is -2.08. The second kappa shape index (κ2) is 17.1. The van der Waals surface area contributed by atoms with Crippen LogP contribution in [0.1, 0.15) is 97.3 Å². The van der Waals surface area contributed by atoms with E-state index in [2.05, 4.69) is 48.1 Å². The fourth-order valence-electron chi connectivity index (χ4n) is 3.58. The van der Waals surface area contributed by atoms with E-state index in [0.29, 0.717) is 0 Å². The number of benzene rings is 1. The predicted octanol–water partition coefficient (Wildman–Crippen LogP) is 8.73. The summed E-state index contributed by atoms with van der Waals surface area (Å²) >= 11 is 1.77. The topological polar surface area (TPSA) is 35.0 Å². The monoisotopic (exact) mass is 442 g/mol. The summed E-state index contributed by atoms with van der Waals surface area (Å²) in [6.07, 6.45) is 21.0. The fourth-order valence-corrected chi connectivity index (χ4v) is 4.36. The van der Waals surface area contributed by atoms with E-state index in [9.17, 15) is 0 Å². The Labute approximate surface area is 194 Å². The first-order valence-corrected chi connectivity index (χ1v) is 13.5. The second-order valence-corrected chi connectivity index (χ2v) is 9.43. The number of ether oxygens (including phenoxy) is 1. The number of unbranched alkanes of at least 4 members (excludes halogenated alkanes) is 11. The van der Waals surface area contributed by atoms with E-state index in [1.807, 2.05) is 12.4 Å². The molecule has 31 heavy (non-hydrogen) atoms. The van der Waals surface area contributed by atoms with Crippen LogP contribution in [0.5, 0.6) is 5.75 Å². The highest BCUT2D eigenvalue weighted by atomic mass is 32.2. The van der Waals surface area contributed by atoms with Gasteiger partial charge in [0.2, 0.25) is 0 Å². The van der Waals surface area contributed by atoms with Gasteiger partial charge in [0.05, 0.1) is 6.61 Å². The molecule has 0 bridgehead atoms. The van der Waals surface area contributed by atoms with E-state index in [0.717, 1.165) is 40.8 Å². The van der Waals surface area contributed by atoms with Crippen molar-refractivity contribution in [2.24, 2.45) is 0 Å². The van der Waals surface area contributed by atoms with Gasteiger partial charge in [-0.3, -0.25) is 0 Å². The molecule has 1 heterocycles. The summed E-state index contributed by atoms with van der Waals surface area (Å²) in [5, 5.41) is 0.881. The van der Waals surface area contributed by atoms with Crippen molar-refractivity contribution in [2.75, 3.05) is 12.4 Å². The Morgan fingerprint density at radius 2 is 1.19 bits per heavy atom. The van der Waals surface area contributed by atoms with Gasteiger partial charge >= 0.3 is 0 Å². The van der Waals surface area contributed by atoms with Gasteiger partial charge in [-0.1, -0.05) is 108 Å². The lowest BCUT2D eigenvalue weighted by Crippen LogP contribution is -1.97. The van der Waals surface area contributed by atoms with Gasteiger partial charge in [-0.25, -0.2) is 9.97 Å². The molecule has 4 heteroatoms. The maximum absolute atomic E-state index is 5.89. The maximum Gasteiger partial charge on any atom is 0.187 e. The minimum Gasteiger partial charge on any atom is -0.494 e. The Morgan fingerprint density at radius 3 is 1.81 bits per heavy atom. The third-order valence-corrected chi connectivity index (χ3v) is 6.52. The van der Waals surface area contributed by atoms with Gasteiger partial charge in [-0.2, -0.15) is 0 Å². The zero-order valence-electron chi connectivity index (χ0n) is 19.8. The Kier molecular flexibility index (Phi) is 14.1. The van der Waals surface area contributed by atoms with Crippen LogP contribution in [-0.4, -0.2) is 22.3 Å². The summed E-state index contributed by atoms with van der Waals surface area (Å²) in [5.74, 6) is 2.05. The Morgan fingerprint density at radius 1 is 0.645 bits per heavy atom. The summed E-state index contributed by atoms with van der Waals surface area (Å²) in [7, 11) is 0. The molecule has 0 amide bonds. The summed E-state index contributed by atoms with van der Waals surface area (Å²) in [5.41, 5.74) is 2.19. The first-order chi connectivity index (χ1) is 15.3. The van der Waals surface area contributed by atoms with Crippen LogP contribution in [-0.2, 0) is 0 Å². The van der Waals surface area contributed by atoms with Crippen LogP contribution in [0.15, 0.2) is 41.8 Å². The van der Waals surface area contributed by atoms with Crippen LogP contribution >= 0.6 is 11.8 Å². The Balaban J connectivity index is 1.63. The molecule has 0 fully saturated rings. The highest BCUT2D eigenvalue weighted by molar-refractivity contribution is 7.99. The largest absolute Gasteiger partial charge is 0.494 e. The Bertz CT molecular complexity index is 673. The number of hydrogen-bond donors (Lipinski definition) is 0. The molecule has 0 unspecified atom stereocenters. The van der Waals surface area contributed by atoms with Gasteiger partial charge in [0, 0.05) is 23.7 Å². The van der Waals surface area contributed by atoms with E-state index in [1.54, 1.807) is 11.8 Å². The summed E-state index contributed by atoms with van der Waals surface area (Å²) in [6.45, 7) is 5.33. The zero-order chi connectivity index (χ0) is 22.0. The molecule has 0 aliphatic heterocycles. The fraction of sp³-hybridized carbons (Fsp3) is 0.630. The number of rotatable bonds is 18. The van der Waals surface area contributed by atoms with Crippen molar-refractivity contribution in [3.8, 4) is 16.9 Å². The minimum atomic E-state index is 0.806. The minimum absolute atomic E-state index is 0.806. The van der Waals surface area contributed by atoms with Crippen LogP contribution in [0, 0.1) is 0 Å². The van der Waals surface area contributed by atoms with E-state index in [1.165, 1.54) is 77.0 Å². The van der Waals surface area contributed by atoms with Crippen molar-refractivity contribution in [3.63, 3.8) is 0 Å². The van der Waals surface area contributed by atoms with E-state index in [4.69, 9.17) is 4.74 Å². The van der Waals surface area contributed by atoms with Crippen LogP contribution in [0.3, 0.4) is 0 Å². The SMILES string of the molecule is CCCCCCCCCOc1ccc(-c2cnc(SCCCCCCCC)nc2)cc1.